The number of aromatic nitrogens is 7. The maximum atomic E-state index is 13.4. The van der Waals surface area contributed by atoms with Crippen LogP contribution in [0.2, 0.25) is 0 Å². The number of aryl methyl sites for hydroxylation is 3. The van der Waals surface area contributed by atoms with E-state index in [2.05, 4.69) is 24.7 Å². The maximum absolute atomic E-state index is 13.4. The third-order valence-electron chi connectivity index (χ3n) is 6.09. The minimum Gasteiger partial charge on any atom is -0.449 e. The van der Waals surface area contributed by atoms with E-state index in [9.17, 15) is 18.3 Å². The standard InChI is InChI=1S/C23H24F3N7O2S/c1-11-18(32(5)31-29-11)13-8-16-17(27-9-13)20-19(21(30-36-20)22(3,4)34)33(16)15(6-7-23(24,25)26)14-10-35-12(2)28-14/h8-10,15,34H,6-7H2,1-5H3. The molecule has 1 atom stereocenters. The van der Waals surface area contributed by atoms with Gasteiger partial charge in [-0.1, -0.05) is 5.21 Å². The van der Waals surface area contributed by atoms with Gasteiger partial charge in [0.25, 0.3) is 0 Å². The van der Waals surface area contributed by atoms with E-state index in [1.807, 2.05) is 13.0 Å². The smallest absolute Gasteiger partial charge is 0.389 e. The Bertz CT molecular complexity index is 1550. The average Bonchev–Trinajstić information content (AvgIpc) is 3.52. The lowest BCUT2D eigenvalue weighted by atomic mass is 10.0. The van der Waals surface area contributed by atoms with E-state index in [1.54, 1.807) is 43.3 Å². The summed E-state index contributed by atoms with van der Waals surface area (Å²) < 4.78 is 54.2. The van der Waals surface area contributed by atoms with Crippen molar-refractivity contribution in [3.05, 3.63) is 41.5 Å². The van der Waals surface area contributed by atoms with Gasteiger partial charge >= 0.3 is 6.18 Å². The van der Waals surface area contributed by atoms with Crippen LogP contribution in [0.3, 0.4) is 0 Å². The quantitative estimate of drug-likeness (QED) is 0.328. The van der Waals surface area contributed by atoms with Crippen molar-refractivity contribution in [1.82, 2.24) is 33.9 Å². The predicted octanol–water partition coefficient (Wildman–Crippen LogP) is 5.21. The Kier molecular flexibility index (Phi) is 5.67. The zero-order valence-electron chi connectivity index (χ0n) is 20.3. The monoisotopic (exact) mass is 519 g/mol. The van der Waals surface area contributed by atoms with Gasteiger partial charge in [0.1, 0.15) is 28.8 Å². The lowest BCUT2D eigenvalue weighted by Crippen LogP contribution is -2.20. The zero-order chi connectivity index (χ0) is 26.0. The van der Waals surface area contributed by atoms with E-state index in [0.717, 1.165) is 17.2 Å². The van der Waals surface area contributed by atoms with Crippen molar-refractivity contribution in [3.63, 3.8) is 0 Å². The van der Waals surface area contributed by atoms with Crippen LogP contribution in [0.5, 0.6) is 0 Å². The van der Waals surface area contributed by atoms with Crippen molar-refractivity contribution >= 4 is 32.8 Å². The molecule has 0 saturated heterocycles. The van der Waals surface area contributed by atoms with E-state index in [-0.39, 0.29) is 6.42 Å². The number of fused-ring (bicyclic) bond motifs is 3. The van der Waals surface area contributed by atoms with Gasteiger partial charge in [-0.15, -0.1) is 5.10 Å². The summed E-state index contributed by atoms with van der Waals surface area (Å²) in [6.45, 7) is 6.65. The number of rotatable bonds is 6. The molecule has 0 aliphatic rings. The lowest BCUT2D eigenvalue weighted by molar-refractivity contribution is -0.136. The first-order chi connectivity index (χ1) is 16.8. The van der Waals surface area contributed by atoms with E-state index >= 15 is 0 Å². The van der Waals surface area contributed by atoms with Gasteiger partial charge in [-0.25, -0.2) is 9.67 Å². The minimum absolute atomic E-state index is 0.286. The summed E-state index contributed by atoms with van der Waals surface area (Å²) in [4.78, 5) is 9.07. The number of nitrogens with zero attached hydrogens (tertiary/aromatic N) is 7. The van der Waals surface area contributed by atoms with Crippen molar-refractivity contribution in [1.29, 1.82) is 0 Å². The van der Waals surface area contributed by atoms with E-state index in [4.69, 9.17) is 4.42 Å². The number of oxazole rings is 1. The molecule has 5 rings (SSSR count). The molecule has 5 heterocycles. The summed E-state index contributed by atoms with van der Waals surface area (Å²) in [6, 6.07) is 1.02. The van der Waals surface area contributed by atoms with Gasteiger partial charge in [-0.3, -0.25) is 4.98 Å². The summed E-state index contributed by atoms with van der Waals surface area (Å²) in [5.74, 6) is 0.344. The van der Waals surface area contributed by atoms with Gasteiger partial charge in [0.05, 0.1) is 33.2 Å². The number of hydrogen-bond acceptors (Lipinski definition) is 8. The van der Waals surface area contributed by atoms with Gasteiger partial charge in [-0.05, 0) is 44.8 Å². The number of halogens is 3. The molecule has 9 nitrogen and oxygen atoms in total. The second-order valence-corrected chi connectivity index (χ2v) is 10.1. The molecule has 1 unspecified atom stereocenters. The molecule has 0 bridgehead atoms. The summed E-state index contributed by atoms with van der Waals surface area (Å²) in [5.41, 5.74) is 3.21. The molecule has 0 saturated carbocycles. The summed E-state index contributed by atoms with van der Waals surface area (Å²) in [6.07, 6.45) is -2.62. The molecule has 0 fully saturated rings. The molecule has 5 aromatic heterocycles. The number of pyridine rings is 1. The zero-order valence-corrected chi connectivity index (χ0v) is 21.1. The van der Waals surface area contributed by atoms with Crippen LogP contribution in [0.15, 0.2) is 22.9 Å². The Balaban J connectivity index is 1.85. The second-order valence-electron chi connectivity index (χ2n) is 9.34. The van der Waals surface area contributed by atoms with Crippen LogP contribution in [0.1, 0.15) is 55.7 Å². The van der Waals surface area contributed by atoms with Crippen molar-refractivity contribution in [2.75, 3.05) is 0 Å². The first kappa shape index (κ1) is 24.4. The molecule has 0 radical (unpaired) electrons. The van der Waals surface area contributed by atoms with Crippen LogP contribution in [0.4, 0.5) is 13.2 Å². The summed E-state index contributed by atoms with van der Waals surface area (Å²) in [7, 11) is 1.76. The molecule has 0 aliphatic heterocycles. The third kappa shape index (κ3) is 4.15. The number of alkyl halides is 3. The molecule has 0 amide bonds. The van der Waals surface area contributed by atoms with E-state index < -0.39 is 24.2 Å². The van der Waals surface area contributed by atoms with Gasteiger partial charge in [0, 0.05) is 32.2 Å². The van der Waals surface area contributed by atoms with Crippen LogP contribution in [0, 0.1) is 13.8 Å². The van der Waals surface area contributed by atoms with Gasteiger partial charge < -0.3 is 14.1 Å². The van der Waals surface area contributed by atoms with E-state index in [1.165, 1.54) is 6.26 Å². The summed E-state index contributed by atoms with van der Waals surface area (Å²) >= 11 is 1.15. The van der Waals surface area contributed by atoms with Gasteiger partial charge in [0.2, 0.25) is 0 Å². The molecule has 1 N–H and O–H groups in total. The minimum atomic E-state index is -4.37. The molecular weight excluding hydrogens is 495 g/mol. The highest BCUT2D eigenvalue weighted by Gasteiger charge is 2.35. The van der Waals surface area contributed by atoms with Crippen molar-refractivity contribution < 1.29 is 22.7 Å². The van der Waals surface area contributed by atoms with Crippen molar-refractivity contribution in [2.24, 2.45) is 7.05 Å². The van der Waals surface area contributed by atoms with Crippen molar-refractivity contribution in [2.45, 2.75) is 58.4 Å². The molecule has 0 spiro atoms. The Morgan fingerprint density at radius 2 is 1.97 bits per heavy atom. The predicted molar refractivity (Wildman–Crippen MR) is 128 cm³/mol. The Labute approximate surface area is 207 Å². The first-order valence-corrected chi connectivity index (χ1v) is 12.0. The molecule has 5 aromatic rings. The average molecular weight is 520 g/mol. The Morgan fingerprint density at radius 1 is 1.22 bits per heavy atom. The Morgan fingerprint density at radius 3 is 2.56 bits per heavy atom. The van der Waals surface area contributed by atoms with Crippen LogP contribution >= 0.6 is 11.5 Å². The Hall–Kier alpha value is -3.32. The second kappa shape index (κ2) is 8.37. The van der Waals surface area contributed by atoms with Gasteiger partial charge in [-0.2, -0.15) is 17.5 Å². The van der Waals surface area contributed by atoms with Gasteiger partial charge in [0.15, 0.2) is 5.89 Å². The maximum Gasteiger partial charge on any atom is 0.389 e. The molecule has 13 heteroatoms. The SMILES string of the molecule is Cc1nc(C(CCC(F)(F)F)n2c3cc(-c4c(C)nnn4C)cnc3c3snc(C(C)(C)O)c32)co1. The molecule has 0 aromatic carbocycles. The molecule has 0 aliphatic carbocycles. The largest absolute Gasteiger partial charge is 0.449 e. The highest BCUT2D eigenvalue weighted by atomic mass is 32.1. The molecular formula is C23H24F3N7O2S. The fourth-order valence-electron chi connectivity index (χ4n) is 4.55. The van der Waals surface area contributed by atoms with Crippen LogP contribution in [-0.2, 0) is 12.6 Å². The fourth-order valence-corrected chi connectivity index (χ4v) is 5.57. The van der Waals surface area contributed by atoms with Crippen LogP contribution < -0.4 is 0 Å². The highest BCUT2D eigenvalue weighted by molar-refractivity contribution is 7.14. The van der Waals surface area contributed by atoms with Crippen molar-refractivity contribution in [3.8, 4) is 11.3 Å². The lowest BCUT2D eigenvalue weighted by Gasteiger charge is -2.22. The fraction of sp³-hybridized carbons (Fsp3) is 0.435. The molecule has 190 valence electrons. The van der Waals surface area contributed by atoms with Crippen LogP contribution in [0.25, 0.3) is 32.5 Å². The normalized spacial score (nSPS) is 13.8. The van der Waals surface area contributed by atoms with E-state index in [0.29, 0.717) is 49.8 Å². The first-order valence-electron chi connectivity index (χ1n) is 11.2. The molecule has 36 heavy (non-hydrogen) atoms. The summed E-state index contributed by atoms with van der Waals surface area (Å²) in [5, 5.41) is 19.1. The number of hydrogen-bond donors (Lipinski definition) is 1. The topological polar surface area (TPSA) is 108 Å². The highest BCUT2D eigenvalue weighted by Crippen LogP contribution is 2.43. The third-order valence-corrected chi connectivity index (χ3v) is 6.93. The van der Waals surface area contributed by atoms with Crippen LogP contribution in [-0.4, -0.2) is 45.2 Å². The number of aliphatic hydroxyl groups is 1.